The third kappa shape index (κ3) is 5.05. The average Bonchev–Trinajstić information content (AvgIpc) is 3.15. The number of hydrogen-bond donors (Lipinski definition) is 0. The number of rotatable bonds is 7. The van der Waals surface area contributed by atoms with Crippen molar-refractivity contribution in [1.29, 1.82) is 0 Å². The molecule has 1 aromatic carbocycles. The molecule has 3 aromatic rings. The monoisotopic (exact) mass is 411 g/mol. The van der Waals surface area contributed by atoms with Crippen molar-refractivity contribution in [2.45, 2.75) is 18.6 Å². The van der Waals surface area contributed by atoms with Gasteiger partial charge in [0.05, 0.1) is 23.7 Å². The molecule has 0 N–H and O–H groups in total. The maximum Gasteiger partial charge on any atom is 0.276 e. The fraction of sp³-hybridized carbons (Fsp3) is 0.267. The van der Waals surface area contributed by atoms with Crippen LogP contribution in [0.1, 0.15) is 16.6 Å². The Hall–Kier alpha value is -1.38. The molecule has 0 aliphatic carbocycles. The van der Waals surface area contributed by atoms with Crippen LogP contribution in [0.5, 0.6) is 5.75 Å². The van der Waals surface area contributed by atoms with Crippen molar-refractivity contribution < 1.29 is 9.15 Å². The summed E-state index contributed by atoms with van der Waals surface area (Å²) in [5, 5.41) is 11.7. The minimum atomic E-state index is 0.561. The Morgan fingerprint density at radius 3 is 2.83 bits per heavy atom. The summed E-state index contributed by atoms with van der Waals surface area (Å²) in [7, 11) is 0. The number of ether oxygens (including phenoxy) is 1. The molecule has 3 rings (SSSR count). The highest BCUT2D eigenvalue weighted by Gasteiger charge is 2.09. The first-order chi connectivity index (χ1) is 11.2. The van der Waals surface area contributed by atoms with Gasteiger partial charge in [0.25, 0.3) is 5.22 Å². The number of aryl methyl sites for hydroxylation is 1. The van der Waals surface area contributed by atoms with Gasteiger partial charge in [0.2, 0.25) is 5.89 Å². The van der Waals surface area contributed by atoms with Crippen LogP contribution in [-0.4, -0.2) is 27.5 Å². The third-order valence-electron chi connectivity index (χ3n) is 2.84. The van der Waals surface area contributed by atoms with Crippen LogP contribution in [0.2, 0.25) is 0 Å². The summed E-state index contributed by atoms with van der Waals surface area (Å²) < 4.78 is 12.3. The number of halogens is 1. The third-order valence-corrected chi connectivity index (χ3v) is 4.97. The number of benzene rings is 1. The van der Waals surface area contributed by atoms with Crippen molar-refractivity contribution in [2.24, 2.45) is 0 Å². The van der Waals surface area contributed by atoms with Crippen LogP contribution in [0, 0.1) is 6.92 Å². The molecule has 0 saturated carbocycles. The predicted molar refractivity (Wildman–Crippen MR) is 94.3 cm³/mol. The summed E-state index contributed by atoms with van der Waals surface area (Å²) in [6, 6.07) is 7.75. The fourth-order valence-corrected chi connectivity index (χ4v) is 3.30. The van der Waals surface area contributed by atoms with Crippen molar-refractivity contribution in [3.8, 4) is 5.75 Å². The first-order valence-electron chi connectivity index (χ1n) is 6.93. The second kappa shape index (κ2) is 7.94. The van der Waals surface area contributed by atoms with Crippen molar-refractivity contribution in [3.05, 3.63) is 50.7 Å². The summed E-state index contributed by atoms with van der Waals surface area (Å²) in [4.78, 5) is 4.39. The van der Waals surface area contributed by atoms with Gasteiger partial charge in [-0.3, -0.25) is 0 Å². The molecular weight excluding hydrogens is 398 g/mol. The lowest BCUT2D eigenvalue weighted by Crippen LogP contribution is -1.99. The van der Waals surface area contributed by atoms with Gasteiger partial charge in [-0.15, -0.1) is 21.5 Å². The van der Waals surface area contributed by atoms with Crippen molar-refractivity contribution >= 4 is 39.0 Å². The summed E-state index contributed by atoms with van der Waals surface area (Å²) in [6.45, 7) is 2.56. The molecule has 0 radical (unpaired) electrons. The molecule has 0 amide bonds. The summed E-state index contributed by atoms with van der Waals surface area (Å²) in [6.07, 6.45) is 0.577. The molecule has 5 nitrogen and oxygen atoms in total. The molecular formula is C15H14BrN3O2S2. The van der Waals surface area contributed by atoms with E-state index in [-0.39, 0.29) is 0 Å². The zero-order valence-electron chi connectivity index (χ0n) is 12.4. The second-order valence-corrected chi connectivity index (χ2v) is 7.67. The average molecular weight is 412 g/mol. The van der Waals surface area contributed by atoms with Gasteiger partial charge in [-0.2, -0.15) is 0 Å². The van der Waals surface area contributed by atoms with Crippen LogP contribution in [0.3, 0.4) is 0 Å². The number of aromatic nitrogens is 3. The van der Waals surface area contributed by atoms with Gasteiger partial charge in [-0.05, 0) is 31.2 Å². The zero-order chi connectivity index (χ0) is 16.1. The predicted octanol–water partition coefficient (Wildman–Crippen LogP) is 4.36. The summed E-state index contributed by atoms with van der Waals surface area (Å²) in [5.74, 6) is 2.18. The second-order valence-electron chi connectivity index (χ2n) is 4.65. The highest BCUT2D eigenvalue weighted by Crippen LogP contribution is 2.20. The molecule has 8 heteroatoms. The lowest BCUT2D eigenvalue weighted by Gasteiger charge is -2.04. The maximum atomic E-state index is 5.65. The first kappa shape index (κ1) is 16.5. The maximum absolute atomic E-state index is 5.65. The lowest BCUT2D eigenvalue weighted by atomic mass is 10.3. The quantitative estimate of drug-likeness (QED) is 0.425. The number of thiazole rings is 1. The molecule has 0 fully saturated rings. The van der Waals surface area contributed by atoms with Crippen LogP contribution in [0.4, 0.5) is 0 Å². The molecule has 120 valence electrons. The van der Waals surface area contributed by atoms with Gasteiger partial charge in [-0.25, -0.2) is 4.98 Å². The van der Waals surface area contributed by atoms with Gasteiger partial charge >= 0.3 is 0 Å². The Bertz CT molecular complexity index is 758. The van der Waals surface area contributed by atoms with E-state index in [4.69, 9.17) is 9.15 Å². The molecule has 0 saturated heterocycles. The van der Waals surface area contributed by atoms with Crippen molar-refractivity contribution in [1.82, 2.24) is 15.2 Å². The Morgan fingerprint density at radius 2 is 2.09 bits per heavy atom. The SMILES string of the molecule is Cc1nc(Cc2nnc(SCCOc3ccc(Br)cc3)o2)cs1. The van der Waals surface area contributed by atoms with Gasteiger partial charge in [-0.1, -0.05) is 27.7 Å². The van der Waals surface area contributed by atoms with Crippen LogP contribution in [0.25, 0.3) is 0 Å². The fourth-order valence-electron chi connectivity index (χ4n) is 1.83. The smallest absolute Gasteiger partial charge is 0.276 e. The van der Waals surface area contributed by atoms with Gasteiger partial charge in [0.15, 0.2) is 0 Å². The Labute approximate surface area is 150 Å². The summed E-state index contributed by atoms with van der Waals surface area (Å²) in [5.41, 5.74) is 0.964. The normalized spacial score (nSPS) is 10.9. The number of nitrogens with zero attached hydrogens (tertiary/aromatic N) is 3. The van der Waals surface area contributed by atoms with Crippen LogP contribution < -0.4 is 4.74 Å². The van der Waals surface area contributed by atoms with Crippen molar-refractivity contribution in [2.75, 3.05) is 12.4 Å². The van der Waals surface area contributed by atoms with Crippen LogP contribution >= 0.6 is 39.0 Å². The van der Waals surface area contributed by atoms with E-state index in [1.54, 1.807) is 11.3 Å². The first-order valence-corrected chi connectivity index (χ1v) is 9.59. The number of hydrogen-bond acceptors (Lipinski definition) is 7. The van der Waals surface area contributed by atoms with E-state index >= 15 is 0 Å². The Balaban J connectivity index is 1.43. The van der Waals surface area contributed by atoms with E-state index in [9.17, 15) is 0 Å². The minimum absolute atomic E-state index is 0.561. The van der Waals surface area contributed by atoms with Crippen LogP contribution in [-0.2, 0) is 6.42 Å². The standard InChI is InChI=1S/C15H14BrN3O2S2/c1-10-17-12(9-23-10)8-14-18-19-15(21-14)22-7-6-20-13-4-2-11(16)3-5-13/h2-5,9H,6-8H2,1H3. The highest BCUT2D eigenvalue weighted by molar-refractivity contribution is 9.10. The molecule has 0 unspecified atom stereocenters. The molecule has 0 aliphatic rings. The van der Waals surface area contributed by atoms with E-state index in [1.807, 2.05) is 36.6 Å². The lowest BCUT2D eigenvalue weighted by molar-refractivity contribution is 0.342. The molecule has 0 aliphatic heterocycles. The number of thioether (sulfide) groups is 1. The molecule has 0 spiro atoms. The highest BCUT2D eigenvalue weighted by atomic mass is 79.9. The van der Waals surface area contributed by atoms with Gasteiger partial charge in [0, 0.05) is 15.6 Å². The molecule has 0 atom stereocenters. The van der Waals surface area contributed by atoms with E-state index in [0.29, 0.717) is 24.1 Å². The van der Waals surface area contributed by atoms with Gasteiger partial charge < -0.3 is 9.15 Å². The Morgan fingerprint density at radius 1 is 1.26 bits per heavy atom. The van der Waals surface area contributed by atoms with E-state index in [1.165, 1.54) is 11.8 Å². The summed E-state index contributed by atoms with van der Waals surface area (Å²) >= 11 is 6.50. The Kier molecular flexibility index (Phi) is 5.69. The van der Waals surface area contributed by atoms with Crippen LogP contribution in [0.15, 0.2) is 43.8 Å². The molecule has 0 bridgehead atoms. The van der Waals surface area contributed by atoms with E-state index < -0.39 is 0 Å². The van der Waals surface area contributed by atoms with E-state index in [2.05, 4.69) is 31.1 Å². The molecule has 2 aromatic heterocycles. The molecule has 23 heavy (non-hydrogen) atoms. The minimum Gasteiger partial charge on any atom is -0.493 e. The van der Waals surface area contributed by atoms with Crippen molar-refractivity contribution in [3.63, 3.8) is 0 Å². The topological polar surface area (TPSA) is 61.0 Å². The molecule has 2 heterocycles. The zero-order valence-corrected chi connectivity index (χ0v) is 15.6. The van der Waals surface area contributed by atoms with Gasteiger partial charge in [0.1, 0.15) is 5.75 Å². The largest absolute Gasteiger partial charge is 0.493 e. The van der Waals surface area contributed by atoms with E-state index in [0.717, 1.165) is 26.7 Å².